The monoisotopic (exact) mass is 561 g/mol. The van der Waals surface area contributed by atoms with Crippen LogP contribution in [0.3, 0.4) is 0 Å². The van der Waals surface area contributed by atoms with Crippen molar-refractivity contribution in [1.29, 1.82) is 0 Å². The van der Waals surface area contributed by atoms with Gasteiger partial charge in [0.05, 0.1) is 50.3 Å². The highest BCUT2D eigenvalue weighted by molar-refractivity contribution is 6.39. The third-order valence-corrected chi connectivity index (χ3v) is 8.59. The van der Waals surface area contributed by atoms with Crippen LogP contribution in [0.4, 0.5) is 11.4 Å². The first-order valence-corrected chi connectivity index (χ1v) is 14.1. The fourth-order valence-corrected chi connectivity index (χ4v) is 6.07. The Kier molecular flexibility index (Phi) is 7.14. The quantitative estimate of drug-likeness (QED) is 0.174. The van der Waals surface area contributed by atoms with Gasteiger partial charge in [-0.1, -0.05) is 29.3 Å². The van der Waals surface area contributed by atoms with E-state index in [9.17, 15) is 9.59 Å². The van der Waals surface area contributed by atoms with Crippen molar-refractivity contribution in [2.24, 2.45) is 5.92 Å². The maximum absolute atomic E-state index is 13.3. The van der Waals surface area contributed by atoms with Crippen LogP contribution in [-0.4, -0.2) is 39.9 Å². The van der Waals surface area contributed by atoms with Gasteiger partial charge in [-0.25, -0.2) is 0 Å². The van der Waals surface area contributed by atoms with E-state index in [0.29, 0.717) is 23.9 Å². The molecule has 2 fully saturated rings. The van der Waals surface area contributed by atoms with Gasteiger partial charge < -0.3 is 10.6 Å². The van der Waals surface area contributed by atoms with Crippen LogP contribution < -0.4 is 10.6 Å². The number of Topliss-reactive ketones (excluding diaryl/α,β-unsaturated/α-hetero) is 1. The van der Waals surface area contributed by atoms with Gasteiger partial charge in [0.25, 0.3) is 0 Å². The van der Waals surface area contributed by atoms with E-state index in [2.05, 4.69) is 20.7 Å². The SMILES string of the molecule is CNC1CCC(n2cc(Nc3c(C(=O)C4CC4)cnc4ccc(-c5cc(Cl)c(C=O)c(Cl)c5)cc34)cn2)CC1. The Balaban J connectivity index is 1.39. The third-order valence-electron chi connectivity index (χ3n) is 7.96. The second-order valence-corrected chi connectivity index (χ2v) is 11.3. The number of benzene rings is 2. The number of hydrogen-bond donors (Lipinski definition) is 2. The van der Waals surface area contributed by atoms with Gasteiger partial charge in [0.1, 0.15) is 0 Å². The Morgan fingerprint density at radius 1 is 1.00 bits per heavy atom. The number of carbonyl (C=O) groups is 2. The predicted molar refractivity (Wildman–Crippen MR) is 156 cm³/mol. The van der Waals surface area contributed by atoms with Crippen LogP contribution in [0.15, 0.2) is 48.9 Å². The molecular formula is C30H29Cl2N5O2. The number of nitrogens with one attached hydrogen (secondary N) is 2. The summed E-state index contributed by atoms with van der Waals surface area (Å²) in [5.74, 6) is 0.156. The molecule has 39 heavy (non-hydrogen) atoms. The van der Waals surface area contributed by atoms with Gasteiger partial charge >= 0.3 is 0 Å². The molecule has 2 saturated carbocycles. The number of pyridine rings is 1. The molecule has 0 saturated heterocycles. The molecule has 2 aromatic heterocycles. The molecule has 6 rings (SSSR count). The Hall–Kier alpha value is -3.26. The number of hydrogen-bond acceptors (Lipinski definition) is 6. The Morgan fingerprint density at radius 2 is 1.74 bits per heavy atom. The maximum Gasteiger partial charge on any atom is 0.169 e. The molecule has 0 atom stereocenters. The molecule has 0 bridgehead atoms. The molecule has 2 heterocycles. The van der Waals surface area contributed by atoms with E-state index in [1.807, 2.05) is 42.3 Å². The molecule has 7 nitrogen and oxygen atoms in total. The van der Waals surface area contributed by atoms with Gasteiger partial charge in [-0.15, -0.1) is 0 Å². The summed E-state index contributed by atoms with van der Waals surface area (Å²) in [6.45, 7) is 0. The van der Waals surface area contributed by atoms with Gasteiger partial charge in [0.15, 0.2) is 12.1 Å². The number of aldehydes is 1. The molecule has 4 aromatic rings. The van der Waals surface area contributed by atoms with E-state index >= 15 is 0 Å². The maximum atomic E-state index is 13.3. The van der Waals surface area contributed by atoms with Gasteiger partial charge in [-0.3, -0.25) is 19.3 Å². The third kappa shape index (κ3) is 5.19. The summed E-state index contributed by atoms with van der Waals surface area (Å²) < 4.78 is 2.05. The lowest BCUT2D eigenvalue weighted by molar-refractivity contribution is 0.0968. The van der Waals surface area contributed by atoms with Crippen LogP contribution >= 0.6 is 23.2 Å². The smallest absolute Gasteiger partial charge is 0.169 e. The summed E-state index contributed by atoms with van der Waals surface area (Å²) in [6.07, 6.45) is 12.4. The summed E-state index contributed by atoms with van der Waals surface area (Å²) in [5, 5.41) is 13.0. The normalized spacial score (nSPS) is 19.3. The van der Waals surface area contributed by atoms with E-state index in [-0.39, 0.29) is 27.3 Å². The highest BCUT2D eigenvalue weighted by atomic mass is 35.5. The van der Waals surface area contributed by atoms with E-state index in [0.717, 1.165) is 71.9 Å². The van der Waals surface area contributed by atoms with E-state index < -0.39 is 0 Å². The largest absolute Gasteiger partial charge is 0.352 e. The second kappa shape index (κ2) is 10.7. The Labute approximate surface area is 236 Å². The minimum atomic E-state index is 0.0477. The molecule has 200 valence electrons. The number of nitrogens with zero attached hydrogens (tertiary/aromatic N) is 3. The van der Waals surface area contributed by atoms with Gasteiger partial charge in [-0.05, 0) is 81.0 Å². The predicted octanol–water partition coefficient (Wildman–Crippen LogP) is 7.26. The first-order valence-electron chi connectivity index (χ1n) is 13.3. The fraction of sp³-hybridized carbons (Fsp3) is 0.333. The second-order valence-electron chi connectivity index (χ2n) is 10.5. The van der Waals surface area contributed by atoms with Crippen LogP contribution in [0.25, 0.3) is 22.0 Å². The van der Waals surface area contributed by atoms with Crippen LogP contribution in [0.1, 0.15) is 65.3 Å². The highest BCUT2D eigenvalue weighted by Crippen LogP contribution is 2.39. The zero-order valence-electron chi connectivity index (χ0n) is 21.6. The fourth-order valence-electron chi connectivity index (χ4n) is 5.50. The number of carbonyl (C=O) groups excluding carboxylic acids is 2. The van der Waals surface area contributed by atoms with Crippen molar-refractivity contribution < 1.29 is 9.59 Å². The zero-order chi connectivity index (χ0) is 27.1. The number of anilines is 2. The van der Waals surface area contributed by atoms with Gasteiger partial charge in [0, 0.05) is 29.7 Å². The number of rotatable bonds is 8. The highest BCUT2D eigenvalue weighted by Gasteiger charge is 2.33. The number of fused-ring (bicyclic) bond motifs is 1. The summed E-state index contributed by atoms with van der Waals surface area (Å²) in [6, 6.07) is 10.2. The average molecular weight is 563 g/mol. The van der Waals surface area contributed by atoms with Crippen LogP contribution in [0.5, 0.6) is 0 Å². The van der Waals surface area contributed by atoms with Crippen molar-refractivity contribution in [2.45, 2.75) is 50.6 Å². The molecule has 2 aliphatic carbocycles. The number of aromatic nitrogens is 3. The molecule has 0 spiro atoms. The molecule has 0 amide bonds. The Bertz CT molecular complexity index is 1550. The lowest BCUT2D eigenvalue weighted by atomic mass is 9.91. The lowest BCUT2D eigenvalue weighted by Crippen LogP contribution is -2.31. The van der Waals surface area contributed by atoms with Crippen molar-refractivity contribution >= 4 is 57.5 Å². The first kappa shape index (κ1) is 26.0. The standard InChI is InChI=1S/C30H29Cl2N5O2/c1-33-20-5-7-22(8-6-20)37-15-21(13-35-37)36-29-23-10-18(19-11-26(31)25(16-38)27(32)12-19)4-9-28(23)34-14-24(29)30(39)17-2-3-17/h4,9-17,20,22,33H,2-3,5-8H2,1H3,(H,34,36). The molecule has 0 radical (unpaired) electrons. The molecule has 9 heteroatoms. The lowest BCUT2D eigenvalue weighted by Gasteiger charge is -2.28. The number of ketones is 1. The minimum Gasteiger partial charge on any atom is -0.352 e. The summed E-state index contributed by atoms with van der Waals surface area (Å²) in [4.78, 5) is 29.3. The molecule has 2 aliphatic rings. The molecule has 2 N–H and O–H groups in total. The van der Waals surface area contributed by atoms with E-state index in [4.69, 9.17) is 23.2 Å². The Morgan fingerprint density at radius 3 is 2.41 bits per heavy atom. The van der Waals surface area contributed by atoms with Crippen LogP contribution in [0.2, 0.25) is 10.0 Å². The zero-order valence-corrected chi connectivity index (χ0v) is 23.1. The molecule has 0 aliphatic heterocycles. The topological polar surface area (TPSA) is 88.9 Å². The molecular weight excluding hydrogens is 533 g/mol. The van der Waals surface area contributed by atoms with Gasteiger partial charge in [-0.2, -0.15) is 5.10 Å². The van der Waals surface area contributed by atoms with Crippen molar-refractivity contribution in [3.05, 3.63) is 70.1 Å². The van der Waals surface area contributed by atoms with Crippen molar-refractivity contribution in [1.82, 2.24) is 20.1 Å². The summed E-state index contributed by atoms with van der Waals surface area (Å²) in [5.41, 5.74) is 4.77. The first-order chi connectivity index (χ1) is 18.9. The van der Waals surface area contributed by atoms with E-state index in [1.54, 1.807) is 18.3 Å². The minimum absolute atomic E-state index is 0.0477. The molecule has 2 aromatic carbocycles. The van der Waals surface area contributed by atoms with Crippen LogP contribution in [0, 0.1) is 5.92 Å². The molecule has 0 unspecified atom stereocenters. The van der Waals surface area contributed by atoms with E-state index in [1.165, 1.54) is 0 Å². The van der Waals surface area contributed by atoms with Crippen molar-refractivity contribution in [2.75, 3.05) is 12.4 Å². The summed E-state index contributed by atoms with van der Waals surface area (Å²) >= 11 is 12.7. The van der Waals surface area contributed by atoms with Gasteiger partial charge in [0.2, 0.25) is 0 Å². The summed E-state index contributed by atoms with van der Waals surface area (Å²) in [7, 11) is 2.02. The van der Waals surface area contributed by atoms with Crippen molar-refractivity contribution in [3.63, 3.8) is 0 Å². The average Bonchev–Trinajstić information content (AvgIpc) is 3.70. The van der Waals surface area contributed by atoms with Crippen LogP contribution in [-0.2, 0) is 0 Å². The van der Waals surface area contributed by atoms with Crippen molar-refractivity contribution in [3.8, 4) is 11.1 Å². The number of halogens is 2.